The van der Waals surface area contributed by atoms with Crippen molar-refractivity contribution in [3.8, 4) is 0 Å². The minimum absolute atomic E-state index is 0.0185. The summed E-state index contributed by atoms with van der Waals surface area (Å²) < 4.78 is 39.7. The van der Waals surface area contributed by atoms with Gasteiger partial charge in [-0.2, -0.15) is 0 Å². The van der Waals surface area contributed by atoms with Gasteiger partial charge in [-0.3, -0.25) is 4.79 Å². The molecule has 3 heterocycles. The summed E-state index contributed by atoms with van der Waals surface area (Å²) in [5.74, 6) is -1.74. The Hall–Kier alpha value is -1.29. The van der Waals surface area contributed by atoms with Crippen molar-refractivity contribution in [1.82, 2.24) is 0 Å². The average molecular weight is 605 g/mol. The zero-order valence-corrected chi connectivity index (χ0v) is 28.5. The molecule has 3 aliphatic heterocycles. The fraction of sp³-hybridized carbons (Fsp3) is 0.794. The Labute approximate surface area is 255 Å². The maximum Gasteiger partial charge on any atom is 0.308 e. The number of rotatable bonds is 12. The van der Waals surface area contributed by atoms with Crippen molar-refractivity contribution in [2.24, 2.45) is 5.92 Å². The Kier molecular flexibility index (Phi) is 10.7. The molecule has 0 saturated carbocycles. The molecular weight excluding hydrogens is 548 g/mol. The minimum Gasteiger partial charge on any atom is -0.460 e. The van der Waals surface area contributed by atoms with Crippen molar-refractivity contribution in [3.05, 3.63) is 35.9 Å². The molecule has 0 radical (unpaired) electrons. The van der Waals surface area contributed by atoms with Gasteiger partial charge in [0.1, 0.15) is 11.2 Å². The van der Waals surface area contributed by atoms with Crippen LogP contribution in [0.15, 0.2) is 30.3 Å². The lowest BCUT2D eigenvalue weighted by Crippen LogP contribution is -2.64. The summed E-state index contributed by atoms with van der Waals surface area (Å²) in [5, 5.41) is 0. The summed E-state index contributed by atoms with van der Waals surface area (Å²) in [6.45, 7) is 18.1. The van der Waals surface area contributed by atoms with Crippen LogP contribution in [0.3, 0.4) is 0 Å². The highest BCUT2D eigenvalue weighted by Crippen LogP contribution is 2.57. The molecule has 42 heavy (non-hydrogen) atoms. The topological polar surface area (TPSA) is 72.5 Å². The van der Waals surface area contributed by atoms with Crippen molar-refractivity contribution in [2.45, 2.75) is 160 Å². The van der Waals surface area contributed by atoms with Gasteiger partial charge in [0.05, 0.1) is 25.2 Å². The number of benzene rings is 1. The molecule has 3 saturated heterocycles. The molecule has 7 nitrogen and oxygen atoms in total. The fourth-order valence-corrected chi connectivity index (χ4v) is 10.3. The highest BCUT2D eigenvalue weighted by atomic mass is 28.4. The molecule has 8 heteroatoms. The van der Waals surface area contributed by atoms with E-state index in [2.05, 4.69) is 46.8 Å². The van der Waals surface area contributed by atoms with E-state index < -0.39 is 31.1 Å². The summed E-state index contributed by atoms with van der Waals surface area (Å²) in [7, 11) is -1.97. The first-order chi connectivity index (χ1) is 19.8. The number of hydrogen-bond acceptors (Lipinski definition) is 7. The van der Waals surface area contributed by atoms with Crippen molar-refractivity contribution in [1.29, 1.82) is 0 Å². The van der Waals surface area contributed by atoms with Gasteiger partial charge in [0.2, 0.25) is 0 Å². The quantitative estimate of drug-likeness (QED) is 0.136. The number of ether oxygens (including phenoxy) is 5. The van der Waals surface area contributed by atoms with E-state index >= 15 is 0 Å². The summed E-state index contributed by atoms with van der Waals surface area (Å²) in [6, 6.07) is 13.5. The molecule has 0 N–H and O–H groups in total. The highest BCUT2D eigenvalue weighted by molar-refractivity contribution is 6.73. The van der Waals surface area contributed by atoms with E-state index in [1.54, 1.807) is 0 Å². The summed E-state index contributed by atoms with van der Waals surface area (Å²) in [5.41, 5.74) is 0.0874. The maximum atomic E-state index is 12.7. The average Bonchev–Trinajstić information content (AvgIpc) is 3.45. The van der Waals surface area contributed by atoms with Crippen molar-refractivity contribution in [3.63, 3.8) is 0 Å². The largest absolute Gasteiger partial charge is 0.460 e. The Bertz CT molecular complexity index is 1020. The second-order valence-corrected chi connectivity index (χ2v) is 18.8. The zero-order valence-electron chi connectivity index (χ0n) is 27.5. The fourth-order valence-electron chi connectivity index (χ4n) is 7.13. The number of carbonyl (C=O) groups excluding carboxylic acids is 1. The summed E-state index contributed by atoms with van der Waals surface area (Å²) in [4.78, 5) is 12.7. The summed E-state index contributed by atoms with van der Waals surface area (Å²) >= 11 is 0. The molecule has 1 aromatic carbocycles. The molecule has 4 rings (SSSR count). The van der Waals surface area contributed by atoms with Crippen LogP contribution in [-0.2, 0) is 39.5 Å². The van der Waals surface area contributed by atoms with E-state index in [9.17, 15) is 4.79 Å². The van der Waals surface area contributed by atoms with Gasteiger partial charge in [-0.1, -0.05) is 58.0 Å². The first-order valence-electron chi connectivity index (χ1n) is 16.4. The third-order valence-electron chi connectivity index (χ3n) is 9.78. The third-order valence-corrected chi connectivity index (χ3v) is 14.5. The van der Waals surface area contributed by atoms with E-state index in [0.717, 1.165) is 50.2 Å². The zero-order chi connectivity index (χ0) is 30.7. The lowest BCUT2D eigenvalue weighted by molar-refractivity contribution is -0.384. The molecule has 0 amide bonds. The molecule has 0 aromatic heterocycles. The van der Waals surface area contributed by atoms with Crippen LogP contribution in [0.25, 0.3) is 0 Å². The Morgan fingerprint density at radius 2 is 1.71 bits per heavy atom. The van der Waals surface area contributed by atoms with E-state index in [-0.39, 0.29) is 30.5 Å². The standard InChI is InChI=1S/C34H56O7Si/c1-9-42(10-2,11-3)41-32(8)19-17-28(18-22-36-25-27-15-13-12-14-16-27)37-34(32)21-20-33(40-34)24-26(4)29(38-33)23-30(35)39-31(5,6)7/h12-16,26,28-29H,9-11,17-25H2,1-8H3/t26-,28+,29+,32-,33+,34-/m1/s1. The molecule has 0 bridgehead atoms. The van der Waals surface area contributed by atoms with Gasteiger partial charge in [-0.15, -0.1) is 0 Å². The van der Waals surface area contributed by atoms with Crippen LogP contribution < -0.4 is 0 Å². The normalized spacial score (nSPS) is 33.5. The van der Waals surface area contributed by atoms with Crippen molar-refractivity contribution >= 4 is 14.3 Å². The van der Waals surface area contributed by atoms with Crippen LogP contribution in [0, 0.1) is 5.92 Å². The maximum absolute atomic E-state index is 12.7. The van der Waals surface area contributed by atoms with Gasteiger partial charge in [0, 0.05) is 25.9 Å². The molecule has 238 valence electrons. The first-order valence-corrected chi connectivity index (χ1v) is 18.9. The molecule has 6 atom stereocenters. The van der Waals surface area contributed by atoms with E-state index in [1.165, 1.54) is 5.56 Å². The highest BCUT2D eigenvalue weighted by Gasteiger charge is 2.66. The van der Waals surface area contributed by atoms with Crippen LogP contribution >= 0.6 is 0 Å². The van der Waals surface area contributed by atoms with Crippen LogP contribution in [-0.4, -0.2) is 55.9 Å². The third kappa shape index (κ3) is 7.67. The lowest BCUT2D eigenvalue weighted by Gasteiger charge is -2.54. The van der Waals surface area contributed by atoms with Crippen molar-refractivity contribution in [2.75, 3.05) is 6.61 Å². The first kappa shape index (κ1) is 33.6. The second-order valence-electron chi connectivity index (χ2n) is 14.1. The number of esters is 1. The number of carbonyl (C=O) groups is 1. The van der Waals surface area contributed by atoms with Crippen LogP contribution in [0.2, 0.25) is 18.1 Å². The lowest BCUT2D eigenvalue weighted by atomic mass is 9.83. The predicted octanol–water partition coefficient (Wildman–Crippen LogP) is 7.91. The smallest absolute Gasteiger partial charge is 0.308 e. The Morgan fingerprint density at radius 3 is 2.36 bits per heavy atom. The van der Waals surface area contributed by atoms with Crippen LogP contribution in [0.1, 0.15) is 106 Å². The molecular formula is C34H56O7Si. The molecule has 0 aliphatic carbocycles. The predicted molar refractivity (Wildman–Crippen MR) is 166 cm³/mol. The molecule has 3 fully saturated rings. The Morgan fingerprint density at radius 1 is 1.02 bits per heavy atom. The van der Waals surface area contributed by atoms with Gasteiger partial charge in [0.25, 0.3) is 0 Å². The van der Waals surface area contributed by atoms with Crippen LogP contribution in [0.4, 0.5) is 0 Å². The monoisotopic (exact) mass is 604 g/mol. The summed E-state index contributed by atoms with van der Waals surface area (Å²) in [6.07, 6.45) is 4.73. The van der Waals surface area contributed by atoms with Gasteiger partial charge >= 0.3 is 5.97 Å². The Balaban J connectivity index is 1.49. The van der Waals surface area contributed by atoms with Gasteiger partial charge in [0.15, 0.2) is 19.9 Å². The van der Waals surface area contributed by atoms with Gasteiger partial charge in [-0.05, 0) is 76.6 Å². The van der Waals surface area contributed by atoms with E-state index in [1.807, 2.05) is 39.0 Å². The van der Waals surface area contributed by atoms with E-state index in [4.69, 9.17) is 28.1 Å². The number of hydrogen-bond donors (Lipinski definition) is 0. The molecule has 0 unspecified atom stereocenters. The minimum atomic E-state index is -1.97. The van der Waals surface area contributed by atoms with Gasteiger partial charge in [-0.25, -0.2) is 0 Å². The molecule has 2 spiro atoms. The molecule has 1 aromatic rings. The molecule has 3 aliphatic rings. The second kappa shape index (κ2) is 13.4. The van der Waals surface area contributed by atoms with Gasteiger partial charge < -0.3 is 28.1 Å². The van der Waals surface area contributed by atoms with E-state index in [0.29, 0.717) is 19.6 Å². The van der Waals surface area contributed by atoms with Crippen LogP contribution in [0.5, 0.6) is 0 Å². The SMILES string of the molecule is CC[Si](CC)(CC)O[C@]1(C)CC[C@@H](CCOCc2ccccc2)O[C@@]12CC[C@@]1(C[C@@H](C)[C@H](CC(=O)OC(C)(C)C)O1)O2. The van der Waals surface area contributed by atoms with Crippen molar-refractivity contribution < 1.29 is 32.9 Å².